The molecule has 3 amide bonds. The topological polar surface area (TPSA) is 108 Å². The fourth-order valence-electron chi connectivity index (χ4n) is 3.73. The van der Waals surface area contributed by atoms with Crippen molar-refractivity contribution in [3.63, 3.8) is 0 Å². The maximum absolute atomic E-state index is 14.6. The van der Waals surface area contributed by atoms with Crippen molar-refractivity contribution in [1.29, 1.82) is 0 Å². The number of fused-ring (bicyclic) bond motifs is 1. The van der Waals surface area contributed by atoms with Gasteiger partial charge in [-0.3, -0.25) is 19.6 Å². The van der Waals surface area contributed by atoms with E-state index in [4.69, 9.17) is 5.21 Å². The van der Waals surface area contributed by atoms with E-state index >= 15 is 0 Å². The van der Waals surface area contributed by atoms with Crippen molar-refractivity contribution in [2.24, 2.45) is 11.8 Å². The summed E-state index contributed by atoms with van der Waals surface area (Å²) in [7, 11) is 0. The predicted octanol–water partition coefficient (Wildman–Crippen LogP) is 2.65. The molecular formula is C24H30FN3O4. The molecule has 0 spiro atoms. The van der Waals surface area contributed by atoms with Gasteiger partial charge in [0.2, 0.25) is 11.8 Å². The number of hydrogen-bond acceptors (Lipinski definition) is 4. The van der Waals surface area contributed by atoms with Gasteiger partial charge in [0.15, 0.2) is 6.17 Å². The van der Waals surface area contributed by atoms with Gasteiger partial charge in [-0.2, -0.15) is 0 Å². The number of amides is 3. The molecular weight excluding hydrogens is 413 g/mol. The summed E-state index contributed by atoms with van der Waals surface area (Å²) in [5.74, 6) is -3.74. The van der Waals surface area contributed by atoms with Crippen molar-refractivity contribution in [3.05, 3.63) is 48.0 Å². The van der Waals surface area contributed by atoms with E-state index in [2.05, 4.69) is 10.6 Å². The number of carbonyl (C=O) groups is 3. The van der Waals surface area contributed by atoms with Crippen molar-refractivity contribution in [2.45, 2.75) is 57.8 Å². The largest absolute Gasteiger partial charge is 0.352 e. The lowest BCUT2D eigenvalue weighted by Gasteiger charge is -2.25. The molecule has 1 saturated carbocycles. The average Bonchev–Trinajstić information content (AvgIpc) is 3.59. The number of hydroxylamine groups is 1. The highest BCUT2D eigenvalue weighted by Crippen LogP contribution is 2.22. The summed E-state index contributed by atoms with van der Waals surface area (Å²) in [6, 6.07) is 12.8. The second kappa shape index (κ2) is 10.5. The molecule has 1 fully saturated rings. The van der Waals surface area contributed by atoms with Gasteiger partial charge in [-0.15, -0.1) is 0 Å². The van der Waals surface area contributed by atoms with Crippen LogP contribution >= 0.6 is 0 Å². The monoisotopic (exact) mass is 443 g/mol. The molecule has 0 radical (unpaired) electrons. The summed E-state index contributed by atoms with van der Waals surface area (Å²) in [6.07, 6.45) is -0.126. The van der Waals surface area contributed by atoms with Crippen molar-refractivity contribution in [1.82, 2.24) is 16.1 Å². The molecule has 172 valence electrons. The Labute approximate surface area is 186 Å². The Balaban J connectivity index is 1.80. The highest BCUT2D eigenvalue weighted by molar-refractivity contribution is 5.92. The molecule has 0 unspecified atom stereocenters. The van der Waals surface area contributed by atoms with Crippen LogP contribution in [0.25, 0.3) is 10.8 Å². The third kappa shape index (κ3) is 6.26. The van der Waals surface area contributed by atoms with E-state index in [0.717, 1.165) is 29.2 Å². The van der Waals surface area contributed by atoms with E-state index < -0.39 is 29.9 Å². The van der Waals surface area contributed by atoms with E-state index in [9.17, 15) is 18.8 Å². The Bertz CT molecular complexity index is 977. The summed E-state index contributed by atoms with van der Waals surface area (Å²) in [5, 5.41) is 16.4. The Morgan fingerprint density at radius 1 is 1.03 bits per heavy atom. The first-order valence-corrected chi connectivity index (χ1v) is 10.9. The lowest BCUT2D eigenvalue weighted by Crippen LogP contribution is -2.52. The third-order valence-electron chi connectivity index (χ3n) is 5.59. The maximum Gasteiger partial charge on any atom is 0.278 e. The third-order valence-corrected chi connectivity index (χ3v) is 5.59. The maximum atomic E-state index is 14.6. The second-order valence-electron chi connectivity index (χ2n) is 8.84. The molecule has 3 atom stereocenters. The van der Waals surface area contributed by atoms with E-state index in [1.807, 2.05) is 42.5 Å². The lowest BCUT2D eigenvalue weighted by atomic mass is 9.91. The van der Waals surface area contributed by atoms with Crippen LogP contribution in [0.5, 0.6) is 0 Å². The van der Waals surface area contributed by atoms with Crippen LogP contribution in [0.1, 0.15) is 38.7 Å². The SMILES string of the molecule is CC(C)C[C@@H](C(=O)N[C@@H](Cc1ccc2ccccc2c1)C(=O)NC1CC1)[C@@H](F)C(=O)NO. The first-order valence-electron chi connectivity index (χ1n) is 10.9. The zero-order valence-electron chi connectivity index (χ0n) is 18.3. The molecule has 0 aliphatic heterocycles. The van der Waals surface area contributed by atoms with Gasteiger partial charge in [0.1, 0.15) is 6.04 Å². The Kier molecular flexibility index (Phi) is 7.80. The van der Waals surface area contributed by atoms with Crippen LogP contribution in [0.4, 0.5) is 4.39 Å². The van der Waals surface area contributed by atoms with Crippen molar-refractivity contribution >= 4 is 28.5 Å². The van der Waals surface area contributed by atoms with E-state index in [-0.39, 0.29) is 30.7 Å². The summed E-state index contributed by atoms with van der Waals surface area (Å²) >= 11 is 0. The molecule has 2 aromatic carbocycles. The van der Waals surface area contributed by atoms with Crippen LogP contribution in [0.3, 0.4) is 0 Å². The summed E-state index contributed by atoms with van der Waals surface area (Å²) < 4.78 is 14.6. The fraction of sp³-hybridized carbons (Fsp3) is 0.458. The molecule has 7 nitrogen and oxygen atoms in total. The average molecular weight is 444 g/mol. The Morgan fingerprint density at radius 2 is 1.72 bits per heavy atom. The number of carbonyl (C=O) groups excluding carboxylic acids is 3. The number of halogens is 1. The molecule has 8 heteroatoms. The van der Waals surface area contributed by atoms with Gasteiger partial charge in [-0.05, 0) is 41.5 Å². The Hall–Kier alpha value is -3.00. The van der Waals surface area contributed by atoms with Gasteiger partial charge >= 0.3 is 0 Å². The van der Waals surface area contributed by atoms with Crippen LogP contribution < -0.4 is 16.1 Å². The second-order valence-corrected chi connectivity index (χ2v) is 8.84. The van der Waals surface area contributed by atoms with Gasteiger partial charge in [-0.1, -0.05) is 56.3 Å². The molecule has 32 heavy (non-hydrogen) atoms. The number of alkyl halides is 1. The minimum atomic E-state index is -2.23. The molecule has 0 heterocycles. The first-order chi connectivity index (χ1) is 15.3. The molecule has 4 N–H and O–H groups in total. The number of benzene rings is 2. The Morgan fingerprint density at radius 3 is 2.34 bits per heavy atom. The first kappa shape index (κ1) is 23.7. The van der Waals surface area contributed by atoms with Crippen molar-refractivity contribution in [3.8, 4) is 0 Å². The molecule has 3 rings (SSSR count). The van der Waals surface area contributed by atoms with Crippen LogP contribution in [0.2, 0.25) is 0 Å². The summed E-state index contributed by atoms with van der Waals surface area (Å²) in [4.78, 5) is 37.5. The lowest BCUT2D eigenvalue weighted by molar-refractivity contribution is -0.142. The van der Waals surface area contributed by atoms with Crippen molar-refractivity contribution < 1.29 is 24.0 Å². The summed E-state index contributed by atoms with van der Waals surface area (Å²) in [5.41, 5.74) is 2.12. The normalized spacial score (nSPS) is 16.3. The zero-order chi connectivity index (χ0) is 23.3. The van der Waals surface area contributed by atoms with E-state index in [1.165, 1.54) is 5.48 Å². The van der Waals surface area contributed by atoms with Gasteiger partial charge in [0, 0.05) is 12.5 Å². The molecule has 0 saturated heterocycles. The quantitative estimate of drug-likeness (QED) is 0.334. The molecule has 2 aromatic rings. The summed E-state index contributed by atoms with van der Waals surface area (Å²) in [6.45, 7) is 3.60. The van der Waals surface area contributed by atoms with Crippen LogP contribution in [0, 0.1) is 11.8 Å². The van der Waals surface area contributed by atoms with Gasteiger partial charge in [0.25, 0.3) is 5.91 Å². The zero-order valence-corrected chi connectivity index (χ0v) is 18.3. The van der Waals surface area contributed by atoms with E-state index in [1.54, 1.807) is 13.8 Å². The van der Waals surface area contributed by atoms with Gasteiger partial charge in [-0.25, -0.2) is 9.87 Å². The minimum Gasteiger partial charge on any atom is -0.352 e. The van der Waals surface area contributed by atoms with Crippen LogP contribution in [0.15, 0.2) is 42.5 Å². The van der Waals surface area contributed by atoms with Crippen LogP contribution in [-0.2, 0) is 20.8 Å². The fourth-order valence-corrected chi connectivity index (χ4v) is 3.73. The minimum absolute atomic E-state index is 0.0743. The number of hydrogen-bond donors (Lipinski definition) is 4. The smallest absolute Gasteiger partial charge is 0.278 e. The molecule has 0 aromatic heterocycles. The highest BCUT2D eigenvalue weighted by atomic mass is 19.1. The van der Waals surface area contributed by atoms with Crippen molar-refractivity contribution in [2.75, 3.05) is 0 Å². The van der Waals surface area contributed by atoms with Gasteiger partial charge in [0.05, 0.1) is 5.92 Å². The molecule has 0 bridgehead atoms. The van der Waals surface area contributed by atoms with Gasteiger partial charge < -0.3 is 10.6 Å². The molecule has 1 aliphatic rings. The molecule has 1 aliphatic carbocycles. The highest BCUT2D eigenvalue weighted by Gasteiger charge is 2.37. The number of nitrogens with one attached hydrogen (secondary N) is 3. The predicted molar refractivity (Wildman–Crippen MR) is 119 cm³/mol. The standard InChI is InChI=1S/C24H30FN3O4/c1-14(2)11-19(21(25)24(31)28-32)22(29)27-20(23(30)26-18-9-10-18)13-15-7-8-16-5-3-4-6-17(16)12-15/h3-8,12,14,18-21,32H,9-11,13H2,1-2H3,(H,26,30)(H,27,29)(H,28,31)/t19-,20+,21-/m1/s1. The number of rotatable bonds is 10. The van der Waals surface area contributed by atoms with Crippen LogP contribution in [-0.4, -0.2) is 41.2 Å². The van der Waals surface area contributed by atoms with E-state index in [0.29, 0.717) is 0 Å².